The first-order chi connectivity index (χ1) is 7.31. The second-order valence-electron chi connectivity index (χ2n) is 3.31. The first kappa shape index (κ1) is 10.2. The van der Waals surface area contributed by atoms with Gasteiger partial charge in [0.1, 0.15) is 5.82 Å². The van der Waals surface area contributed by atoms with Gasteiger partial charge in [0.2, 0.25) is 0 Å². The zero-order valence-corrected chi connectivity index (χ0v) is 8.84. The fourth-order valence-corrected chi connectivity index (χ4v) is 1.66. The highest BCUT2D eigenvalue weighted by Crippen LogP contribution is 2.23. The Morgan fingerprint density at radius 3 is 2.33 bits per heavy atom. The molecule has 2 aromatic rings. The average molecular weight is 221 g/mol. The molecule has 76 valence electrons. The van der Waals surface area contributed by atoms with Gasteiger partial charge < -0.3 is 0 Å². The van der Waals surface area contributed by atoms with Crippen molar-refractivity contribution in [1.82, 2.24) is 0 Å². The van der Waals surface area contributed by atoms with Crippen molar-refractivity contribution in [3.8, 4) is 11.1 Å². The topological polar surface area (TPSA) is 0 Å². The summed E-state index contributed by atoms with van der Waals surface area (Å²) in [5.41, 5.74) is 2.30. The number of alkyl halides is 1. The molecule has 2 heteroatoms. The smallest absolute Gasteiger partial charge is 0.131 e. The molecule has 0 aliphatic heterocycles. The predicted octanol–water partition coefficient (Wildman–Crippen LogP) is 4.23. The van der Waals surface area contributed by atoms with E-state index in [1.54, 1.807) is 6.07 Å². The van der Waals surface area contributed by atoms with Gasteiger partial charge in [-0.25, -0.2) is 4.39 Å². The van der Waals surface area contributed by atoms with E-state index in [9.17, 15) is 4.39 Å². The maximum Gasteiger partial charge on any atom is 0.131 e. The van der Waals surface area contributed by atoms with Crippen LogP contribution in [0.15, 0.2) is 48.5 Å². The highest BCUT2D eigenvalue weighted by Gasteiger charge is 2.04. The number of halogens is 2. The third kappa shape index (κ3) is 2.18. The molecule has 0 radical (unpaired) electrons. The molecular weight excluding hydrogens is 211 g/mol. The predicted molar refractivity (Wildman–Crippen MR) is 61.4 cm³/mol. The van der Waals surface area contributed by atoms with E-state index in [2.05, 4.69) is 0 Å². The van der Waals surface area contributed by atoms with Crippen LogP contribution < -0.4 is 0 Å². The summed E-state index contributed by atoms with van der Waals surface area (Å²) in [5.74, 6) is 0.116. The molecule has 0 heterocycles. The van der Waals surface area contributed by atoms with Crippen LogP contribution in [0.5, 0.6) is 0 Å². The lowest BCUT2D eigenvalue weighted by molar-refractivity contribution is 0.630. The van der Waals surface area contributed by atoms with E-state index >= 15 is 0 Å². The Labute approximate surface area is 93.3 Å². The van der Waals surface area contributed by atoms with Gasteiger partial charge in [-0.1, -0.05) is 42.5 Å². The summed E-state index contributed by atoms with van der Waals surface area (Å²) in [4.78, 5) is 0. The molecule has 2 rings (SSSR count). The lowest BCUT2D eigenvalue weighted by Gasteiger charge is -2.04. The summed E-state index contributed by atoms with van der Waals surface area (Å²) < 4.78 is 13.7. The fourth-order valence-electron chi connectivity index (χ4n) is 1.49. The Bertz CT molecular complexity index is 451. The van der Waals surface area contributed by atoms with Crippen molar-refractivity contribution in [2.45, 2.75) is 5.88 Å². The molecule has 0 atom stereocenters. The van der Waals surface area contributed by atoms with Gasteiger partial charge in [-0.2, -0.15) is 0 Å². The second kappa shape index (κ2) is 4.45. The van der Waals surface area contributed by atoms with E-state index in [1.807, 2.05) is 36.4 Å². The van der Waals surface area contributed by atoms with Crippen LogP contribution in [0, 0.1) is 5.82 Å². The minimum atomic E-state index is -0.223. The van der Waals surface area contributed by atoms with Crippen LogP contribution in [0.1, 0.15) is 5.56 Å². The maximum atomic E-state index is 13.7. The van der Waals surface area contributed by atoms with Crippen LogP contribution >= 0.6 is 11.6 Å². The van der Waals surface area contributed by atoms with Gasteiger partial charge in [-0.05, 0) is 17.2 Å². The molecule has 0 saturated carbocycles. The van der Waals surface area contributed by atoms with E-state index in [-0.39, 0.29) is 5.82 Å². The van der Waals surface area contributed by atoms with Crippen molar-refractivity contribution in [2.75, 3.05) is 0 Å². The molecule has 0 aromatic heterocycles. The molecule has 0 aliphatic rings. The van der Waals surface area contributed by atoms with E-state index in [4.69, 9.17) is 11.6 Å². The van der Waals surface area contributed by atoms with Gasteiger partial charge >= 0.3 is 0 Å². The minimum absolute atomic E-state index is 0.223. The molecule has 15 heavy (non-hydrogen) atoms. The van der Waals surface area contributed by atoms with Crippen LogP contribution in [0.3, 0.4) is 0 Å². The van der Waals surface area contributed by atoms with Crippen molar-refractivity contribution in [2.24, 2.45) is 0 Å². The Morgan fingerprint density at radius 2 is 1.73 bits per heavy atom. The average Bonchev–Trinajstić information content (AvgIpc) is 2.30. The molecule has 0 N–H and O–H groups in total. The first-order valence-corrected chi connectivity index (χ1v) is 5.24. The summed E-state index contributed by atoms with van der Waals surface area (Å²) in [6.07, 6.45) is 0. The van der Waals surface area contributed by atoms with Crippen LogP contribution in [-0.4, -0.2) is 0 Å². The molecule has 0 saturated heterocycles. The first-order valence-electron chi connectivity index (χ1n) is 4.71. The largest absolute Gasteiger partial charge is 0.206 e. The fraction of sp³-hybridized carbons (Fsp3) is 0.0769. The van der Waals surface area contributed by atoms with Gasteiger partial charge in [0, 0.05) is 11.4 Å². The Hall–Kier alpha value is -1.34. The highest BCUT2D eigenvalue weighted by atomic mass is 35.5. The van der Waals surface area contributed by atoms with Gasteiger partial charge in [-0.3, -0.25) is 0 Å². The van der Waals surface area contributed by atoms with E-state index < -0.39 is 0 Å². The summed E-state index contributed by atoms with van der Waals surface area (Å²) in [6.45, 7) is 0. The van der Waals surface area contributed by atoms with Gasteiger partial charge in [0.25, 0.3) is 0 Å². The lowest BCUT2D eigenvalue weighted by atomic mass is 10.0. The molecular formula is C13H10ClF. The normalized spacial score (nSPS) is 10.3. The van der Waals surface area contributed by atoms with Crippen LogP contribution in [0.25, 0.3) is 11.1 Å². The van der Waals surface area contributed by atoms with Crippen molar-refractivity contribution in [3.05, 3.63) is 59.9 Å². The van der Waals surface area contributed by atoms with E-state index in [0.29, 0.717) is 11.4 Å². The van der Waals surface area contributed by atoms with Crippen LogP contribution in [0.2, 0.25) is 0 Å². The van der Waals surface area contributed by atoms with Crippen molar-refractivity contribution < 1.29 is 4.39 Å². The zero-order valence-electron chi connectivity index (χ0n) is 8.08. The molecule has 0 bridgehead atoms. The van der Waals surface area contributed by atoms with Gasteiger partial charge in [0.15, 0.2) is 0 Å². The molecule has 0 fully saturated rings. The third-order valence-corrected chi connectivity index (χ3v) is 2.58. The Balaban J connectivity index is 2.46. The van der Waals surface area contributed by atoms with Gasteiger partial charge in [0.05, 0.1) is 0 Å². The molecule has 0 spiro atoms. The highest BCUT2D eigenvalue weighted by molar-refractivity contribution is 6.17. The quantitative estimate of drug-likeness (QED) is 0.665. The zero-order chi connectivity index (χ0) is 10.7. The SMILES string of the molecule is Fc1cc(CCl)ccc1-c1ccccc1. The number of hydrogen-bond donors (Lipinski definition) is 0. The minimum Gasteiger partial charge on any atom is -0.206 e. The van der Waals surface area contributed by atoms with E-state index in [1.165, 1.54) is 6.07 Å². The number of rotatable bonds is 2. The summed E-state index contributed by atoms with van der Waals surface area (Å²) >= 11 is 5.63. The van der Waals surface area contributed by atoms with Crippen LogP contribution in [-0.2, 0) is 5.88 Å². The van der Waals surface area contributed by atoms with Gasteiger partial charge in [-0.15, -0.1) is 11.6 Å². The second-order valence-corrected chi connectivity index (χ2v) is 3.58. The number of hydrogen-bond acceptors (Lipinski definition) is 0. The third-order valence-electron chi connectivity index (χ3n) is 2.27. The Kier molecular flexibility index (Phi) is 3.02. The van der Waals surface area contributed by atoms with Crippen LogP contribution in [0.4, 0.5) is 4.39 Å². The molecule has 0 unspecified atom stereocenters. The summed E-state index contributed by atoms with van der Waals surface area (Å²) in [5, 5.41) is 0. The van der Waals surface area contributed by atoms with Crippen molar-refractivity contribution in [1.29, 1.82) is 0 Å². The van der Waals surface area contributed by atoms with E-state index in [0.717, 1.165) is 11.1 Å². The molecule has 2 aromatic carbocycles. The molecule has 0 nitrogen and oxygen atoms in total. The van der Waals surface area contributed by atoms with Crippen molar-refractivity contribution >= 4 is 11.6 Å². The standard InChI is InChI=1S/C13H10ClF/c14-9-10-6-7-12(13(15)8-10)11-4-2-1-3-5-11/h1-8H,9H2. The summed E-state index contributed by atoms with van der Waals surface area (Å²) in [7, 11) is 0. The monoisotopic (exact) mass is 220 g/mol. The Morgan fingerprint density at radius 1 is 1.00 bits per heavy atom. The summed E-state index contributed by atoms with van der Waals surface area (Å²) in [6, 6.07) is 14.6. The molecule has 0 aliphatic carbocycles. The molecule has 0 amide bonds. The maximum absolute atomic E-state index is 13.7. The van der Waals surface area contributed by atoms with Crippen molar-refractivity contribution in [3.63, 3.8) is 0 Å². The number of benzene rings is 2. The lowest BCUT2D eigenvalue weighted by Crippen LogP contribution is -1.86.